The van der Waals surface area contributed by atoms with Gasteiger partial charge in [0.1, 0.15) is 6.61 Å². The number of rotatable bonds is 17. The molecule has 1 aliphatic heterocycles. The topological polar surface area (TPSA) is 91.4 Å². The van der Waals surface area contributed by atoms with E-state index in [1.807, 2.05) is 52.0 Å². The van der Waals surface area contributed by atoms with Gasteiger partial charge in [0.15, 0.2) is 6.23 Å². The summed E-state index contributed by atoms with van der Waals surface area (Å²) >= 11 is 0. The minimum Gasteiger partial charge on any atom is -0.383 e. The van der Waals surface area contributed by atoms with Crippen molar-refractivity contribution < 1.29 is 23.9 Å². The van der Waals surface area contributed by atoms with Crippen LogP contribution in [0.1, 0.15) is 84.4 Å². The molecule has 2 atom stereocenters. The van der Waals surface area contributed by atoms with E-state index in [9.17, 15) is 14.4 Å². The van der Waals surface area contributed by atoms with E-state index in [0.717, 1.165) is 37.1 Å². The van der Waals surface area contributed by atoms with Gasteiger partial charge in [-0.2, -0.15) is 0 Å². The Morgan fingerprint density at radius 3 is 2.23 bits per heavy atom. The predicted octanol–water partition coefficient (Wildman–Crippen LogP) is 4.74. The van der Waals surface area contributed by atoms with Gasteiger partial charge in [-0.05, 0) is 52.5 Å². The molecular formula is C31H52N4O5. The van der Waals surface area contributed by atoms with Crippen molar-refractivity contribution in [2.24, 2.45) is 5.41 Å². The highest BCUT2D eigenvalue weighted by molar-refractivity contribution is 6.03. The molecule has 2 rings (SSSR count). The van der Waals surface area contributed by atoms with Crippen molar-refractivity contribution in [3.63, 3.8) is 0 Å². The molecule has 226 valence electrons. The van der Waals surface area contributed by atoms with Crippen LogP contribution in [0.5, 0.6) is 0 Å². The lowest BCUT2D eigenvalue weighted by Gasteiger charge is -2.53. The molecule has 1 aromatic rings. The number of hydrogen-bond acceptors (Lipinski definition) is 6. The monoisotopic (exact) mass is 560 g/mol. The van der Waals surface area contributed by atoms with Crippen LogP contribution < -0.4 is 5.32 Å². The average Bonchev–Trinajstić information content (AvgIpc) is 2.93. The van der Waals surface area contributed by atoms with Gasteiger partial charge in [-0.25, -0.2) is 9.69 Å². The summed E-state index contributed by atoms with van der Waals surface area (Å²) in [4.78, 5) is 45.2. The van der Waals surface area contributed by atoms with Crippen molar-refractivity contribution in [3.8, 4) is 0 Å². The summed E-state index contributed by atoms with van der Waals surface area (Å²) in [6.07, 6.45) is 1.90. The van der Waals surface area contributed by atoms with Gasteiger partial charge in [0.25, 0.3) is 0 Å². The number of methoxy groups -OCH3 is 1. The van der Waals surface area contributed by atoms with Crippen LogP contribution in [0, 0.1) is 12.3 Å². The molecule has 0 spiro atoms. The molecule has 0 aromatic heterocycles. The molecule has 40 heavy (non-hydrogen) atoms. The van der Waals surface area contributed by atoms with Gasteiger partial charge in [0, 0.05) is 39.3 Å². The van der Waals surface area contributed by atoms with E-state index in [2.05, 4.69) is 31.0 Å². The Labute approximate surface area is 241 Å². The smallest absolute Gasteiger partial charge is 0.326 e. The first kappa shape index (κ1) is 33.7. The fraction of sp³-hybridized carbons (Fsp3) is 0.710. The molecular weight excluding hydrogens is 508 g/mol. The van der Waals surface area contributed by atoms with Gasteiger partial charge in [0.2, 0.25) is 11.8 Å². The summed E-state index contributed by atoms with van der Waals surface area (Å²) in [5, 5.41) is 3.06. The average molecular weight is 561 g/mol. The first-order chi connectivity index (χ1) is 19.1. The number of β-lactam (4-membered cyclic amide) rings is 1. The van der Waals surface area contributed by atoms with Crippen molar-refractivity contribution in [1.82, 2.24) is 20.0 Å². The van der Waals surface area contributed by atoms with E-state index in [-0.39, 0.29) is 24.5 Å². The minimum absolute atomic E-state index is 0.151. The number of nitrogens with zero attached hydrogens (tertiary/aromatic N) is 3. The van der Waals surface area contributed by atoms with Crippen LogP contribution in [0.3, 0.4) is 0 Å². The molecule has 1 saturated heterocycles. The molecule has 0 bridgehead atoms. The summed E-state index contributed by atoms with van der Waals surface area (Å²) in [6, 6.07) is 7.70. The highest BCUT2D eigenvalue weighted by Gasteiger charge is 2.62. The highest BCUT2D eigenvalue weighted by atomic mass is 16.5. The van der Waals surface area contributed by atoms with E-state index in [1.165, 1.54) is 4.90 Å². The maximum Gasteiger partial charge on any atom is 0.326 e. The van der Waals surface area contributed by atoms with Crippen LogP contribution in [-0.2, 0) is 19.1 Å². The van der Waals surface area contributed by atoms with Crippen LogP contribution in [0.25, 0.3) is 0 Å². The number of hydrogen-bond donors (Lipinski definition) is 1. The molecule has 1 aliphatic rings. The number of nitrogens with one attached hydrogen (secondary N) is 1. The lowest BCUT2D eigenvalue weighted by molar-refractivity contribution is -0.212. The predicted molar refractivity (Wildman–Crippen MR) is 158 cm³/mol. The normalized spacial score (nSPS) is 17.2. The highest BCUT2D eigenvalue weighted by Crippen LogP contribution is 2.46. The molecule has 0 unspecified atom stereocenters. The molecule has 0 saturated carbocycles. The minimum atomic E-state index is -0.812. The van der Waals surface area contributed by atoms with E-state index >= 15 is 0 Å². The number of urea groups is 1. The molecule has 1 aromatic carbocycles. The Kier molecular flexibility index (Phi) is 13.6. The third kappa shape index (κ3) is 8.04. The van der Waals surface area contributed by atoms with E-state index < -0.39 is 17.7 Å². The van der Waals surface area contributed by atoms with Crippen LogP contribution in [0.15, 0.2) is 24.3 Å². The van der Waals surface area contributed by atoms with Crippen molar-refractivity contribution in [3.05, 3.63) is 35.4 Å². The fourth-order valence-electron chi connectivity index (χ4n) is 5.38. The van der Waals surface area contributed by atoms with Gasteiger partial charge < -0.3 is 19.7 Å². The van der Waals surface area contributed by atoms with Gasteiger partial charge >= 0.3 is 6.03 Å². The number of ether oxygens (including phenoxy) is 2. The quantitative estimate of drug-likeness (QED) is 0.277. The molecule has 9 nitrogen and oxygen atoms in total. The number of carbonyl (C=O) groups is 3. The van der Waals surface area contributed by atoms with Gasteiger partial charge in [-0.3, -0.25) is 14.5 Å². The van der Waals surface area contributed by atoms with Crippen molar-refractivity contribution in [2.75, 3.05) is 46.5 Å². The van der Waals surface area contributed by atoms with E-state index in [0.29, 0.717) is 38.6 Å². The second-order valence-corrected chi connectivity index (χ2v) is 11.0. The summed E-state index contributed by atoms with van der Waals surface area (Å²) < 4.78 is 11.4. The molecule has 1 heterocycles. The molecule has 0 radical (unpaired) electrons. The number of carbonyl (C=O) groups excluding carboxylic acids is 3. The summed E-state index contributed by atoms with van der Waals surface area (Å²) in [5.41, 5.74) is 1.33. The Balaban J connectivity index is 2.12. The standard InChI is InChI=1S/C31H52N4O5/c1-9-13-26(25-16-14-24(7)15-17-25)32-30(38)35-28(37)31(10-2,11-3)29(35)40-22-27(36)33(12-4)18-19-34(23(5)6)20-21-39-8/h14-17,23,26,29H,9-13,18-22H2,1-8H3,(H,32,38)/t26-,29+/m1/s1. The lowest BCUT2D eigenvalue weighted by Crippen LogP contribution is -2.72. The number of likely N-dealkylation sites (tertiary alicyclic amines) is 1. The Morgan fingerprint density at radius 1 is 1.05 bits per heavy atom. The lowest BCUT2D eigenvalue weighted by atomic mass is 9.72. The zero-order valence-corrected chi connectivity index (χ0v) is 26.0. The van der Waals surface area contributed by atoms with Crippen LogP contribution in [0.4, 0.5) is 4.79 Å². The largest absolute Gasteiger partial charge is 0.383 e. The number of amides is 4. The van der Waals surface area contributed by atoms with Crippen LogP contribution in [-0.4, -0.2) is 91.3 Å². The third-order valence-electron chi connectivity index (χ3n) is 8.26. The van der Waals surface area contributed by atoms with Crippen LogP contribution >= 0.6 is 0 Å². The Bertz CT molecular complexity index is 948. The van der Waals surface area contributed by atoms with E-state index in [4.69, 9.17) is 9.47 Å². The molecule has 1 fully saturated rings. The number of benzene rings is 1. The SMILES string of the molecule is CCC[C@@H](NC(=O)N1C(=O)C(CC)(CC)[C@@H]1OCC(=O)N(CC)CCN(CCOC)C(C)C)c1ccc(C)cc1. The number of imide groups is 1. The first-order valence-electron chi connectivity index (χ1n) is 14.9. The zero-order chi connectivity index (χ0) is 29.9. The second-order valence-electron chi connectivity index (χ2n) is 11.0. The molecule has 4 amide bonds. The molecule has 9 heteroatoms. The van der Waals surface area contributed by atoms with Crippen molar-refractivity contribution in [1.29, 1.82) is 0 Å². The van der Waals surface area contributed by atoms with Crippen LogP contribution in [0.2, 0.25) is 0 Å². The summed E-state index contributed by atoms with van der Waals surface area (Å²) in [7, 11) is 1.69. The number of likely N-dealkylation sites (N-methyl/N-ethyl adjacent to an activating group) is 1. The maximum atomic E-state index is 13.5. The third-order valence-corrected chi connectivity index (χ3v) is 8.26. The van der Waals surface area contributed by atoms with Gasteiger partial charge in [0.05, 0.1) is 18.1 Å². The summed E-state index contributed by atoms with van der Waals surface area (Å²) in [6.45, 7) is 17.2. The van der Waals surface area contributed by atoms with Gasteiger partial charge in [-0.15, -0.1) is 0 Å². The summed E-state index contributed by atoms with van der Waals surface area (Å²) in [5.74, 6) is -0.396. The fourth-order valence-corrected chi connectivity index (χ4v) is 5.38. The van der Waals surface area contributed by atoms with Crippen molar-refractivity contribution >= 4 is 17.8 Å². The van der Waals surface area contributed by atoms with Crippen molar-refractivity contribution in [2.45, 2.75) is 92.5 Å². The zero-order valence-electron chi connectivity index (χ0n) is 26.0. The molecule has 1 N–H and O–H groups in total. The Hall–Kier alpha value is -2.49. The molecule has 0 aliphatic carbocycles. The second kappa shape index (κ2) is 16.1. The van der Waals surface area contributed by atoms with Gasteiger partial charge in [-0.1, -0.05) is 57.0 Å². The number of aryl methyl sites for hydroxylation is 1. The first-order valence-corrected chi connectivity index (χ1v) is 14.9. The maximum absolute atomic E-state index is 13.5. The Morgan fingerprint density at radius 2 is 1.70 bits per heavy atom. The van der Waals surface area contributed by atoms with E-state index in [1.54, 1.807) is 12.0 Å².